The van der Waals surface area contributed by atoms with Crippen molar-refractivity contribution in [3.8, 4) is 22.2 Å². The van der Waals surface area contributed by atoms with Gasteiger partial charge >= 0.3 is 5.97 Å². The summed E-state index contributed by atoms with van der Waals surface area (Å²) in [5.74, 6) is 0.0719. The second-order valence-electron chi connectivity index (χ2n) is 10.0. The lowest BCUT2D eigenvalue weighted by atomic mass is 9.78. The van der Waals surface area contributed by atoms with E-state index >= 15 is 0 Å². The summed E-state index contributed by atoms with van der Waals surface area (Å²) in [4.78, 5) is 16.9. The number of nitrogens with zero attached hydrogens (tertiary/aromatic N) is 1. The van der Waals surface area contributed by atoms with Crippen LogP contribution in [0, 0.1) is 5.41 Å². The van der Waals surface area contributed by atoms with Gasteiger partial charge in [-0.2, -0.15) is 0 Å². The maximum Gasteiger partial charge on any atom is 0.318 e. The zero-order valence-electron chi connectivity index (χ0n) is 18.6. The fourth-order valence-corrected chi connectivity index (χ4v) is 3.40. The van der Waals surface area contributed by atoms with Gasteiger partial charge in [-0.05, 0) is 43.2 Å². The highest BCUT2D eigenvalue weighted by molar-refractivity contribution is 7.11. The zero-order valence-corrected chi connectivity index (χ0v) is 19.4. The predicted octanol–water partition coefficient (Wildman–Crippen LogP) is 6.45. The number of aromatic nitrogens is 1. The Morgan fingerprint density at radius 2 is 1.54 bits per heavy atom. The minimum Gasteiger partial charge on any atom is -0.507 e. The van der Waals surface area contributed by atoms with Gasteiger partial charge in [0.2, 0.25) is 0 Å². The summed E-state index contributed by atoms with van der Waals surface area (Å²) in [6, 6.07) is 3.97. The minimum atomic E-state index is -0.539. The standard InChI is InChI=1S/C23H33NO3S/c1-10-23(8,9)19(26)27-20-24-17(13-28-20)14-11-15(21(2,3)4)18(25)16(12-14)22(5,6)7/h11-13,25H,10H2,1-9H3. The molecule has 5 heteroatoms. The number of ether oxygens (including phenoxy) is 1. The Morgan fingerprint density at radius 1 is 1.04 bits per heavy atom. The minimum absolute atomic E-state index is 0.212. The molecular formula is C23H33NO3S. The predicted molar refractivity (Wildman–Crippen MR) is 116 cm³/mol. The van der Waals surface area contributed by atoms with E-state index in [2.05, 4.69) is 46.5 Å². The molecule has 0 aliphatic carbocycles. The Labute approximate surface area is 173 Å². The Bertz CT molecular complexity index is 832. The van der Waals surface area contributed by atoms with Gasteiger partial charge in [-0.15, -0.1) is 0 Å². The van der Waals surface area contributed by atoms with E-state index in [-0.39, 0.29) is 16.8 Å². The van der Waals surface area contributed by atoms with Gasteiger partial charge in [-0.1, -0.05) is 59.8 Å². The van der Waals surface area contributed by atoms with Crippen LogP contribution < -0.4 is 4.74 Å². The molecule has 1 aromatic heterocycles. The van der Waals surface area contributed by atoms with Crippen molar-refractivity contribution in [1.82, 2.24) is 4.98 Å². The van der Waals surface area contributed by atoms with Gasteiger partial charge in [-0.25, -0.2) is 4.98 Å². The number of rotatable bonds is 4. The Hall–Kier alpha value is -1.88. The summed E-state index contributed by atoms with van der Waals surface area (Å²) in [7, 11) is 0. The first-order valence-corrected chi connectivity index (χ1v) is 10.6. The number of hydrogen-bond donors (Lipinski definition) is 1. The molecule has 0 spiro atoms. The summed E-state index contributed by atoms with van der Waals surface area (Å²) < 4.78 is 5.51. The van der Waals surface area contributed by atoms with Crippen LogP contribution in [0.3, 0.4) is 0 Å². The van der Waals surface area contributed by atoms with Gasteiger partial charge in [0, 0.05) is 22.1 Å². The van der Waals surface area contributed by atoms with Crippen LogP contribution in [0.1, 0.15) is 79.9 Å². The second-order valence-corrected chi connectivity index (χ2v) is 10.9. The maximum absolute atomic E-state index is 12.3. The van der Waals surface area contributed by atoms with E-state index < -0.39 is 5.41 Å². The van der Waals surface area contributed by atoms with Crippen LogP contribution in [0.15, 0.2) is 17.5 Å². The molecule has 0 saturated heterocycles. The fourth-order valence-electron chi connectivity index (χ4n) is 2.72. The van der Waals surface area contributed by atoms with E-state index in [0.29, 0.717) is 17.4 Å². The van der Waals surface area contributed by atoms with Gasteiger partial charge in [0.1, 0.15) is 5.75 Å². The van der Waals surface area contributed by atoms with Crippen molar-refractivity contribution in [1.29, 1.82) is 0 Å². The van der Waals surface area contributed by atoms with Crippen molar-refractivity contribution in [3.63, 3.8) is 0 Å². The van der Waals surface area contributed by atoms with Crippen LogP contribution in [0.5, 0.6) is 10.9 Å². The molecular weight excluding hydrogens is 370 g/mol. The van der Waals surface area contributed by atoms with Crippen LogP contribution in [-0.4, -0.2) is 16.1 Å². The number of aromatic hydroxyl groups is 1. The second kappa shape index (κ2) is 7.51. The topological polar surface area (TPSA) is 59.4 Å². The normalized spacial score (nSPS) is 12.9. The summed E-state index contributed by atoms with van der Waals surface area (Å²) in [6.45, 7) is 18.2. The number of hydrogen-bond acceptors (Lipinski definition) is 5. The largest absolute Gasteiger partial charge is 0.507 e. The van der Waals surface area contributed by atoms with Gasteiger partial charge in [-0.3, -0.25) is 4.79 Å². The molecule has 1 heterocycles. The average molecular weight is 404 g/mol. The lowest BCUT2D eigenvalue weighted by Gasteiger charge is -2.28. The van der Waals surface area contributed by atoms with Crippen LogP contribution in [-0.2, 0) is 15.6 Å². The molecule has 0 saturated carbocycles. The molecule has 0 radical (unpaired) electrons. The van der Waals surface area contributed by atoms with E-state index in [4.69, 9.17) is 4.74 Å². The molecule has 0 aliphatic rings. The monoisotopic (exact) mass is 403 g/mol. The van der Waals surface area contributed by atoms with Crippen LogP contribution in [0.4, 0.5) is 0 Å². The molecule has 0 unspecified atom stereocenters. The fraction of sp³-hybridized carbons (Fsp3) is 0.565. The first kappa shape index (κ1) is 22.4. The molecule has 0 fully saturated rings. The van der Waals surface area contributed by atoms with Crippen molar-refractivity contribution in [2.45, 2.75) is 79.6 Å². The SMILES string of the molecule is CCC(C)(C)C(=O)Oc1nc(-c2cc(C(C)(C)C)c(O)c(C(C)(C)C)c2)cs1. The highest BCUT2D eigenvalue weighted by atomic mass is 32.1. The van der Waals surface area contributed by atoms with Crippen LogP contribution in [0.25, 0.3) is 11.3 Å². The lowest BCUT2D eigenvalue weighted by molar-refractivity contribution is -0.144. The third kappa shape index (κ3) is 4.75. The molecule has 2 rings (SSSR count). The Balaban J connectivity index is 2.49. The smallest absolute Gasteiger partial charge is 0.318 e. The lowest BCUT2D eigenvalue weighted by Crippen LogP contribution is -2.28. The van der Waals surface area contributed by atoms with Crippen LogP contribution >= 0.6 is 11.3 Å². The number of thiazole rings is 1. The van der Waals surface area contributed by atoms with Gasteiger partial charge in [0.25, 0.3) is 5.19 Å². The third-order valence-corrected chi connectivity index (χ3v) is 5.84. The number of benzene rings is 1. The first-order valence-electron chi connectivity index (χ1n) is 9.73. The first-order chi connectivity index (χ1) is 12.7. The molecule has 0 bridgehead atoms. The van der Waals surface area contributed by atoms with Crippen molar-refractivity contribution in [2.24, 2.45) is 5.41 Å². The number of carbonyl (C=O) groups is 1. The molecule has 2 aromatic rings. The molecule has 0 aliphatic heterocycles. The summed E-state index contributed by atoms with van der Waals surface area (Å²) >= 11 is 1.31. The molecule has 1 aromatic carbocycles. The Kier molecular flexibility index (Phi) is 6.01. The maximum atomic E-state index is 12.3. The van der Waals surface area contributed by atoms with Crippen molar-refractivity contribution in [3.05, 3.63) is 28.6 Å². The molecule has 1 N–H and O–H groups in total. The Morgan fingerprint density at radius 3 is 1.96 bits per heavy atom. The zero-order chi connectivity index (χ0) is 21.5. The van der Waals surface area contributed by atoms with Crippen molar-refractivity contribution in [2.75, 3.05) is 0 Å². The van der Waals surface area contributed by atoms with Gasteiger partial charge in [0.05, 0.1) is 11.1 Å². The number of phenolic OH excluding ortho intramolecular Hbond substituents is 1. The van der Waals surface area contributed by atoms with Gasteiger partial charge < -0.3 is 9.84 Å². The highest BCUT2D eigenvalue weighted by Crippen LogP contribution is 2.42. The van der Waals surface area contributed by atoms with E-state index in [1.54, 1.807) is 0 Å². The summed E-state index contributed by atoms with van der Waals surface area (Å²) in [5.41, 5.74) is 2.47. The molecule has 0 atom stereocenters. The molecule has 0 amide bonds. The molecule has 4 nitrogen and oxygen atoms in total. The van der Waals surface area contributed by atoms with Crippen LogP contribution in [0.2, 0.25) is 0 Å². The highest BCUT2D eigenvalue weighted by Gasteiger charge is 2.29. The summed E-state index contributed by atoms with van der Waals surface area (Å²) in [5, 5.41) is 13.1. The van der Waals surface area contributed by atoms with E-state index in [1.807, 2.05) is 38.3 Å². The quantitative estimate of drug-likeness (QED) is 0.596. The van der Waals surface area contributed by atoms with Crippen molar-refractivity contribution >= 4 is 17.3 Å². The number of esters is 1. The van der Waals surface area contributed by atoms with Crippen molar-refractivity contribution < 1.29 is 14.6 Å². The van der Waals surface area contributed by atoms with E-state index in [1.165, 1.54) is 11.3 Å². The number of phenols is 1. The van der Waals surface area contributed by atoms with Gasteiger partial charge in [0.15, 0.2) is 0 Å². The molecule has 154 valence electrons. The number of carbonyl (C=O) groups excluding carboxylic acids is 1. The van der Waals surface area contributed by atoms with E-state index in [9.17, 15) is 9.90 Å². The third-order valence-electron chi connectivity index (χ3n) is 5.12. The molecule has 28 heavy (non-hydrogen) atoms. The summed E-state index contributed by atoms with van der Waals surface area (Å²) in [6.07, 6.45) is 0.700. The van der Waals surface area contributed by atoms with E-state index in [0.717, 1.165) is 22.4 Å². The average Bonchev–Trinajstić information content (AvgIpc) is 3.01.